The van der Waals surface area contributed by atoms with Gasteiger partial charge < -0.3 is 14.8 Å². The molecule has 8 heteroatoms. The molecule has 0 saturated carbocycles. The second-order valence-corrected chi connectivity index (χ2v) is 7.76. The summed E-state index contributed by atoms with van der Waals surface area (Å²) in [6.07, 6.45) is 6.18. The van der Waals surface area contributed by atoms with Crippen LogP contribution in [0.25, 0.3) is 0 Å². The smallest absolute Gasteiger partial charge is 0.341 e. The molecule has 2 aromatic heterocycles. The number of aryl methyl sites for hydroxylation is 1. The summed E-state index contributed by atoms with van der Waals surface area (Å²) in [5.41, 5.74) is 1.82. The van der Waals surface area contributed by atoms with Gasteiger partial charge in [0.1, 0.15) is 11.7 Å². The predicted octanol–water partition coefficient (Wildman–Crippen LogP) is 3.63. The minimum atomic E-state index is -0.357. The summed E-state index contributed by atoms with van der Waals surface area (Å²) >= 11 is 1.47. The number of amides is 1. The third-order valence-corrected chi connectivity index (χ3v) is 5.83. The first-order valence-electron chi connectivity index (χ1n) is 9.22. The van der Waals surface area contributed by atoms with Crippen LogP contribution < -0.4 is 5.32 Å². The van der Waals surface area contributed by atoms with Crippen LogP contribution in [0.1, 0.15) is 64.4 Å². The maximum absolute atomic E-state index is 12.8. The monoisotopic (exact) mass is 391 g/mol. The summed E-state index contributed by atoms with van der Waals surface area (Å²) in [6.45, 7) is 4.12. The molecule has 7 nitrogen and oxygen atoms in total. The molecule has 1 aliphatic carbocycles. The zero-order valence-corrected chi connectivity index (χ0v) is 16.7. The summed E-state index contributed by atoms with van der Waals surface area (Å²) < 4.78 is 12.1. The zero-order chi connectivity index (χ0) is 19.4. The minimum absolute atomic E-state index is 0.162. The molecule has 0 fully saturated rings. The van der Waals surface area contributed by atoms with E-state index in [2.05, 4.69) is 10.4 Å². The number of hydrogen-bond donors (Lipinski definition) is 1. The lowest BCUT2D eigenvalue weighted by Crippen LogP contribution is -2.19. The lowest BCUT2D eigenvalue weighted by Gasteiger charge is -2.15. The number of anilines is 1. The van der Waals surface area contributed by atoms with E-state index in [9.17, 15) is 9.59 Å². The molecule has 27 heavy (non-hydrogen) atoms. The standard InChI is InChI=1S/C19H25N3O4S/c1-4-12(2)26-19(24)16-13-7-5-6-8-15(13)27-18(16)20-17(23)14-9-10-22(21-14)11-25-3/h9-10,12H,4-8,11H2,1-3H3,(H,20,23). The first-order valence-corrected chi connectivity index (χ1v) is 10.0. The summed E-state index contributed by atoms with van der Waals surface area (Å²) in [5.74, 6) is -0.704. The molecule has 2 aromatic rings. The van der Waals surface area contributed by atoms with Crippen molar-refractivity contribution < 1.29 is 19.1 Å². The Hall–Kier alpha value is -2.19. The highest BCUT2D eigenvalue weighted by molar-refractivity contribution is 7.17. The number of fused-ring (bicyclic) bond motifs is 1. The van der Waals surface area contributed by atoms with Crippen LogP contribution in [0, 0.1) is 0 Å². The van der Waals surface area contributed by atoms with Crippen molar-refractivity contribution in [2.45, 2.75) is 58.8 Å². The molecule has 2 heterocycles. The average Bonchev–Trinajstić information content (AvgIpc) is 3.26. The van der Waals surface area contributed by atoms with Crippen molar-refractivity contribution >= 4 is 28.2 Å². The van der Waals surface area contributed by atoms with Crippen molar-refractivity contribution in [1.82, 2.24) is 9.78 Å². The second-order valence-electron chi connectivity index (χ2n) is 6.65. The number of thiophene rings is 1. The predicted molar refractivity (Wildman–Crippen MR) is 103 cm³/mol. The van der Waals surface area contributed by atoms with E-state index in [0.717, 1.165) is 42.5 Å². The molecule has 0 aromatic carbocycles. The molecular formula is C19H25N3O4S. The quantitative estimate of drug-likeness (QED) is 0.729. The van der Waals surface area contributed by atoms with Gasteiger partial charge in [0.2, 0.25) is 0 Å². The van der Waals surface area contributed by atoms with Crippen LogP contribution in [-0.4, -0.2) is 34.9 Å². The lowest BCUT2D eigenvalue weighted by atomic mass is 9.95. The molecule has 0 radical (unpaired) electrons. The number of aromatic nitrogens is 2. The van der Waals surface area contributed by atoms with Gasteiger partial charge in [-0.25, -0.2) is 9.48 Å². The van der Waals surface area contributed by atoms with E-state index in [-0.39, 0.29) is 30.4 Å². The Balaban J connectivity index is 1.86. The fourth-order valence-corrected chi connectivity index (χ4v) is 4.32. The number of carbonyl (C=O) groups is 2. The van der Waals surface area contributed by atoms with Crippen LogP contribution >= 0.6 is 11.3 Å². The summed E-state index contributed by atoms with van der Waals surface area (Å²) in [5, 5.41) is 7.61. The molecule has 0 bridgehead atoms. The van der Waals surface area contributed by atoms with Crippen molar-refractivity contribution in [3.05, 3.63) is 34.0 Å². The third kappa shape index (κ3) is 4.39. The van der Waals surface area contributed by atoms with Crippen molar-refractivity contribution in [1.29, 1.82) is 0 Å². The number of hydrogen-bond acceptors (Lipinski definition) is 6. The lowest BCUT2D eigenvalue weighted by molar-refractivity contribution is 0.0335. The van der Waals surface area contributed by atoms with Gasteiger partial charge in [0.15, 0.2) is 5.69 Å². The molecule has 0 aliphatic heterocycles. The minimum Gasteiger partial charge on any atom is -0.459 e. The van der Waals surface area contributed by atoms with E-state index in [0.29, 0.717) is 10.6 Å². The van der Waals surface area contributed by atoms with Crippen LogP contribution in [-0.2, 0) is 29.0 Å². The van der Waals surface area contributed by atoms with E-state index in [1.807, 2.05) is 13.8 Å². The van der Waals surface area contributed by atoms with Gasteiger partial charge >= 0.3 is 5.97 Å². The van der Waals surface area contributed by atoms with Crippen molar-refractivity contribution in [2.75, 3.05) is 12.4 Å². The number of ether oxygens (including phenoxy) is 2. The third-order valence-electron chi connectivity index (χ3n) is 4.62. The molecule has 1 N–H and O–H groups in total. The Labute approximate surface area is 162 Å². The number of carbonyl (C=O) groups excluding carboxylic acids is 2. The highest BCUT2D eigenvalue weighted by Gasteiger charge is 2.28. The largest absolute Gasteiger partial charge is 0.459 e. The summed E-state index contributed by atoms with van der Waals surface area (Å²) in [6, 6.07) is 1.62. The number of rotatable bonds is 7. The molecular weight excluding hydrogens is 366 g/mol. The Morgan fingerprint density at radius 1 is 1.37 bits per heavy atom. The number of esters is 1. The van der Waals surface area contributed by atoms with Gasteiger partial charge in [-0.15, -0.1) is 11.3 Å². The highest BCUT2D eigenvalue weighted by atomic mass is 32.1. The van der Waals surface area contributed by atoms with Gasteiger partial charge in [0.05, 0.1) is 11.7 Å². The Kier molecular flexibility index (Phi) is 6.28. The zero-order valence-electron chi connectivity index (χ0n) is 15.9. The fourth-order valence-electron chi connectivity index (χ4n) is 3.05. The van der Waals surface area contributed by atoms with Gasteiger partial charge in [-0.2, -0.15) is 5.10 Å². The normalized spacial score (nSPS) is 14.5. The molecule has 1 atom stereocenters. The topological polar surface area (TPSA) is 82.5 Å². The van der Waals surface area contributed by atoms with Crippen molar-refractivity contribution in [3.63, 3.8) is 0 Å². The van der Waals surface area contributed by atoms with E-state index >= 15 is 0 Å². The Morgan fingerprint density at radius 3 is 2.89 bits per heavy atom. The van der Waals surface area contributed by atoms with Gasteiger partial charge in [0, 0.05) is 18.2 Å². The second kappa shape index (κ2) is 8.67. The van der Waals surface area contributed by atoms with Crippen LogP contribution in [0.3, 0.4) is 0 Å². The van der Waals surface area contributed by atoms with Crippen molar-refractivity contribution in [2.24, 2.45) is 0 Å². The molecule has 1 unspecified atom stereocenters. The first-order chi connectivity index (χ1) is 13.0. The average molecular weight is 391 g/mol. The summed E-state index contributed by atoms with van der Waals surface area (Å²) in [7, 11) is 1.56. The molecule has 146 valence electrons. The first kappa shape index (κ1) is 19.6. The number of methoxy groups -OCH3 is 1. The van der Waals surface area contributed by atoms with Crippen LogP contribution in [0.5, 0.6) is 0 Å². The maximum atomic E-state index is 12.8. The molecule has 1 aliphatic rings. The Bertz CT molecular complexity index is 827. The van der Waals surface area contributed by atoms with Crippen LogP contribution in [0.15, 0.2) is 12.3 Å². The molecule has 3 rings (SSSR count). The van der Waals surface area contributed by atoms with Crippen LogP contribution in [0.2, 0.25) is 0 Å². The van der Waals surface area contributed by atoms with Gasteiger partial charge in [-0.05, 0) is 50.7 Å². The number of nitrogens with one attached hydrogen (secondary N) is 1. The van der Waals surface area contributed by atoms with E-state index in [1.54, 1.807) is 19.4 Å². The maximum Gasteiger partial charge on any atom is 0.341 e. The Morgan fingerprint density at radius 2 is 2.15 bits per heavy atom. The van der Waals surface area contributed by atoms with E-state index in [4.69, 9.17) is 9.47 Å². The summed E-state index contributed by atoms with van der Waals surface area (Å²) in [4.78, 5) is 26.6. The van der Waals surface area contributed by atoms with Crippen LogP contribution in [0.4, 0.5) is 5.00 Å². The fraction of sp³-hybridized carbons (Fsp3) is 0.526. The number of nitrogens with zero attached hydrogens (tertiary/aromatic N) is 2. The van der Waals surface area contributed by atoms with E-state index in [1.165, 1.54) is 16.0 Å². The molecule has 0 saturated heterocycles. The van der Waals surface area contributed by atoms with Crippen molar-refractivity contribution in [3.8, 4) is 0 Å². The molecule has 1 amide bonds. The highest BCUT2D eigenvalue weighted by Crippen LogP contribution is 2.39. The van der Waals surface area contributed by atoms with Gasteiger partial charge in [-0.1, -0.05) is 6.92 Å². The molecule has 0 spiro atoms. The van der Waals surface area contributed by atoms with E-state index < -0.39 is 0 Å². The SMILES string of the molecule is CCC(C)OC(=O)c1c(NC(=O)c2ccn(COC)n2)sc2c1CCCC2. The van der Waals surface area contributed by atoms with Gasteiger partial charge in [0.25, 0.3) is 5.91 Å². The van der Waals surface area contributed by atoms with Gasteiger partial charge in [-0.3, -0.25) is 4.79 Å².